The van der Waals surface area contributed by atoms with Crippen LogP contribution in [0.25, 0.3) is 0 Å². The van der Waals surface area contributed by atoms with Gasteiger partial charge in [0, 0.05) is 5.56 Å². The van der Waals surface area contributed by atoms with Gasteiger partial charge in [0.2, 0.25) is 0 Å². The molecular weight excluding hydrogens is 281 g/mol. The second-order valence-corrected chi connectivity index (χ2v) is 6.01. The molecule has 0 atom stereocenters. The summed E-state index contributed by atoms with van der Waals surface area (Å²) in [7, 11) is -3.89. The first-order valence-corrected chi connectivity index (χ1v) is 7.40. The summed E-state index contributed by atoms with van der Waals surface area (Å²) in [6, 6.07) is 10.2. The van der Waals surface area contributed by atoms with Gasteiger partial charge in [-0.3, -0.25) is 4.72 Å². The van der Waals surface area contributed by atoms with E-state index in [-0.39, 0.29) is 17.2 Å². The van der Waals surface area contributed by atoms with Crippen LogP contribution >= 0.6 is 0 Å². The van der Waals surface area contributed by atoms with Crippen LogP contribution in [0.1, 0.15) is 11.1 Å². The van der Waals surface area contributed by atoms with Crippen LogP contribution < -0.4 is 4.72 Å². The summed E-state index contributed by atoms with van der Waals surface area (Å²) in [5.74, 6) is -0.580. The average Bonchev–Trinajstić information content (AvgIpc) is 2.42. The number of anilines is 1. The van der Waals surface area contributed by atoms with Crippen LogP contribution in [0.2, 0.25) is 0 Å². The zero-order chi connectivity index (χ0) is 14.8. The Morgan fingerprint density at radius 2 is 1.90 bits per heavy atom. The van der Waals surface area contributed by atoms with Crippen molar-refractivity contribution >= 4 is 15.7 Å². The molecule has 2 N–H and O–H groups in total. The van der Waals surface area contributed by atoms with Gasteiger partial charge in [-0.15, -0.1) is 0 Å². The van der Waals surface area contributed by atoms with Crippen molar-refractivity contribution in [2.45, 2.75) is 18.4 Å². The molecule has 4 nitrogen and oxygen atoms in total. The van der Waals surface area contributed by atoms with Crippen molar-refractivity contribution in [3.63, 3.8) is 0 Å². The third-order valence-corrected chi connectivity index (χ3v) is 4.25. The van der Waals surface area contributed by atoms with Crippen molar-refractivity contribution in [3.05, 3.63) is 59.4 Å². The molecule has 2 aromatic carbocycles. The average molecular weight is 295 g/mol. The Kier molecular flexibility index (Phi) is 4.06. The molecular formula is C14H14FNO3S. The lowest BCUT2D eigenvalue weighted by Crippen LogP contribution is -2.14. The second kappa shape index (κ2) is 5.60. The lowest BCUT2D eigenvalue weighted by Gasteiger charge is -2.11. The molecule has 0 spiro atoms. The maximum Gasteiger partial charge on any atom is 0.262 e. The summed E-state index contributed by atoms with van der Waals surface area (Å²) in [5.41, 5.74) is 1.10. The highest BCUT2D eigenvalue weighted by Gasteiger charge is 2.17. The lowest BCUT2D eigenvalue weighted by atomic mass is 10.2. The summed E-state index contributed by atoms with van der Waals surface area (Å²) in [6.45, 7) is 1.27. The molecule has 0 saturated heterocycles. The topological polar surface area (TPSA) is 66.4 Å². The molecule has 0 fully saturated rings. The monoisotopic (exact) mass is 295 g/mol. The van der Waals surface area contributed by atoms with E-state index in [1.807, 2.05) is 0 Å². The molecule has 0 amide bonds. The smallest absolute Gasteiger partial charge is 0.262 e. The number of sulfonamides is 1. The van der Waals surface area contributed by atoms with Crippen molar-refractivity contribution in [1.82, 2.24) is 0 Å². The molecule has 0 aliphatic carbocycles. The van der Waals surface area contributed by atoms with E-state index in [4.69, 9.17) is 0 Å². The van der Waals surface area contributed by atoms with Crippen LogP contribution in [-0.2, 0) is 16.6 Å². The highest BCUT2D eigenvalue weighted by molar-refractivity contribution is 7.92. The highest BCUT2D eigenvalue weighted by Crippen LogP contribution is 2.21. The highest BCUT2D eigenvalue weighted by atomic mass is 32.2. The van der Waals surface area contributed by atoms with Gasteiger partial charge in [0.15, 0.2) is 0 Å². The van der Waals surface area contributed by atoms with Crippen LogP contribution in [0.4, 0.5) is 10.1 Å². The summed E-state index contributed by atoms with van der Waals surface area (Å²) in [6.07, 6.45) is 0. The summed E-state index contributed by atoms with van der Waals surface area (Å²) in [4.78, 5) is -0.159. The van der Waals surface area contributed by atoms with Crippen molar-refractivity contribution < 1.29 is 17.9 Å². The lowest BCUT2D eigenvalue weighted by molar-refractivity contribution is 0.282. The summed E-state index contributed by atoms with van der Waals surface area (Å²) in [5, 5.41) is 9.17. The summed E-state index contributed by atoms with van der Waals surface area (Å²) >= 11 is 0. The number of hydrogen-bond acceptors (Lipinski definition) is 3. The van der Waals surface area contributed by atoms with Crippen LogP contribution in [0, 0.1) is 12.7 Å². The van der Waals surface area contributed by atoms with Gasteiger partial charge in [-0.2, -0.15) is 0 Å². The zero-order valence-corrected chi connectivity index (χ0v) is 11.6. The number of halogens is 1. The van der Waals surface area contributed by atoms with Crippen LogP contribution in [0.15, 0.2) is 47.4 Å². The number of para-hydroxylation sites is 1. The Morgan fingerprint density at radius 1 is 1.20 bits per heavy atom. The van der Waals surface area contributed by atoms with Crippen LogP contribution in [-0.4, -0.2) is 13.5 Å². The first kappa shape index (κ1) is 14.5. The number of nitrogens with one attached hydrogen (secondary N) is 1. The second-order valence-electron chi connectivity index (χ2n) is 4.33. The van der Waals surface area contributed by atoms with Crippen molar-refractivity contribution in [2.24, 2.45) is 0 Å². The predicted molar refractivity (Wildman–Crippen MR) is 74.3 cm³/mol. The fourth-order valence-electron chi connectivity index (χ4n) is 1.70. The first-order valence-electron chi connectivity index (χ1n) is 5.92. The Labute approximate surface area is 116 Å². The minimum atomic E-state index is -3.89. The molecule has 6 heteroatoms. The summed E-state index contributed by atoms with van der Waals surface area (Å²) < 4.78 is 40.2. The molecule has 0 unspecified atom stereocenters. The molecule has 2 aromatic rings. The fraction of sp³-hybridized carbons (Fsp3) is 0.143. The molecule has 2 rings (SSSR count). The third kappa shape index (κ3) is 2.97. The Balaban J connectivity index is 2.38. The van der Waals surface area contributed by atoms with Gasteiger partial charge < -0.3 is 5.11 Å². The maximum atomic E-state index is 13.5. The molecule has 0 radical (unpaired) electrons. The standard InChI is InChI=1S/C14H14FNO3S/c1-10-6-7-12(8-13(10)15)20(18,19)16-14-5-3-2-4-11(14)9-17/h2-8,16-17H,9H2,1H3. The number of hydrogen-bond donors (Lipinski definition) is 2. The Bertz CT molecular complexity index is 729. The van der Waals surface area contributed by atoms with E-state index < -0.39 is 15.8 Å². The Morgan fingerprint density at radius 3 is 2.55 bits per heavy atom. The number of aryl methyl sites for hydroxylation is 1. The zero-order valence-electron chi connectivity index (χ0n) is 10.8. The van der Waals surface area contributed by atoms with E-state index in [9.17, 15) is 17.9 Å². The van der Waals surface area contributed by atoms with E-state index in [0.717, 1.165) is 6.07 Å². The van der Waals surface area contributed by atoms with Gasteiger partial charge in [0.05, 0.1) is 17.2 Å². The van der Waals surface area contributed by atoms with Gasteiger partial charge in [0.25, 0.3) is 10.0 Å². The molecule has 0 heterocycles. The van der Waals surface area contributed by atoms with Gasteiger partial charge in [-0.1, -0.05) is 24.3 Å². The van der Waals surface area contributed by atoms with Gasteiger partial charge in [-0.05, 0) is 30.7 Å². The quantitative estimate of drug-likeness (QED) is 0.910. The number of benzene rings is 2. The van der Waals surface area contributed by atoms with Crippen molar-refractivity contribution in [2.75, 3.05) is 4.72 Å². The molecule has 0 aliphatic heterocycles. The molecule has 0 bridgehead atoms. The number of aliphatic hydroxyl groups excluding tert-OH is 1. The van der Waals surface area contributed by atoms with E-state index in [2.05, 4.69) is 4.72 Å². The minimum absolute atomic E-state index is 0.159. The number of rotatable bonds is 4. The molecule has 0 aromatic heterocycles. The number of aliphatic hydroxyl groups is 1. The van der Waals surface area contributed by atoms with Gasteiger partial charge >= 0.3 is 0 Å². The third-order valence-electron chi connectivity index (χ3n) is 2.89. The SMILES string of the molecule is Cc1ccc(S(=O)(=O)Nc2ccccc2CO)cc1F. The molecule has 0 saturated carbocycles. The van der Waals surface area contributed by atoms with Crippen LogP contribution in [0.3, 0.4) is 0 Å². The van der Waals surface area contributed by atoms with Gasteiger partial charge in [0.1, 0.15) is 5.82 Å². The van der Waals surface area contributed by atoms with E-state index in [1.165, 1.54) is 18.2 Å². The fourth-order valence-corrected chi connectivity index (χ4v) is 2.81. The molecule has 106 valence electrons. The Hall–Kier alpha value is -1.92. The minimum Gasteiger partial charge on any atom is -0.392 e. The molecule has 20 heavy (non-hydrogen) atoms. The normalized spacial score (nSPS) is 11.3. The van der Waals surface area contributed by atoms with E-state index in [1.54, 1.807) is 25.1 Å². The predicted octanol–water partition coefficient (Wildman–Crippen LogP) is 2.43. The van der Waals surface area contributed by atoms with E-state index >= 15 is 0 Å². The van der Waals surface area contributed by atoms with Gasteiger partial charge in [-0.25, -0.2) is 12.8 Å². The van der Waals surface area contributed by atoms with E-state index in [0.29, 0.717) is 11.1 Å². The van der Waals surface area contributed by atoms with Crippen molar-refractivity contribution in [3.8, 4) is 0 Å². The van der Waals surface area contributed by atoms with Crippen molar-refractivity contribution in [1.29, 1.82) is 0 Å². The first-order chi connectivity index (χ1) is 9.44. The largest absolute Gasteiger partial charge is 0.392 e. The maximum absolute atomic E-state index is 13.5. The molecule has 0 aliphatic rings. The van der Waals surface area contributed by atoms with Crippen LogP contribution in [0.5, 0.6) is 0 Å².